The zero-order valence-corrected chi connectivity index (χ0v) is 9.37. The number of hydrogen-bond acceptors (Lipinski definition) is 5. The summed E-state index contributed by atoms with van der Waals surface area (Å²) in [7, 11) is 2.53. The lowest BCUT2D eigenvalue weighted by Gasteiger charge is -2.21. The third kappa shape index (κ3) is 1.03. The maximum Gasteiger partial charge on any atom is 0.319 e. The molecule has 2 fully saturated rings. The molecule has 0 radical (unpaired) electrons. The fourth-order valence-corrected chi connectivity index (χ4v) is 3.00. The summed E-state index contributed by atoms with van der Waals surface area (Å²) in [5, 5.41) is 0. The smallest absolute Gasteiger partial charge is 0.319 e. The van der Waals surface area contributed by atoms with E-state index in [-0.39, 0.29) is 5.78 Å². The van der Waals surface area contributed by atoms with Crippen LogP contribution in [0.3, 0.4) is 0 Å². The van der Waals surface area contributed by atoms with Crippen molar-refractivity contribution < 1.29 is 23.9 Å². The van der Waals surface area contributed by atoms with Crippen molar-refractivity contribution in [2.75, 3.05) is 14.2 Å². The molecule has 16 heavy (non-hydrogen) atoms. The van der Waals surface area contributed by atoms with Gasteiger partial charge < -0.3 is 9.47 Å². The lowest BCUT2D eigenvalue weighted by Crippen LogP contribution is -2.38. The molecular weight excluding hydrogens is 212 g/mol. The predicted octanol–water partition coefficient (Wildman–Crippen LogP) is 0.462. The number of methoxy groups -OCH3 is 2. The summed E-state index contributed by atoms with van der Waals surface area (Å²) in [5.74, 6) is -1.33. The first-order chi connectivity index (χ1) is 7.53. The minimum absolute atomic E-state index is 0.307. The van der Waals surface area contributed by atoms with Gasteiger partial charge in [0, 0.05) is 0 Å². The van der Waals surface area contributed by atoms with E-state index in [1.807, 2.05) is 0 Å². The predicted molar refractivity (Wildman–Crippen MR) is 52.4 cm³/mol. The minimum Gasteiger partial charge on any atom is -0.468 e. The van der Waals surface area contributed by atoms with Gasteiger partial charge in [0.15, 0.2) is 5.78 Å². The van der Waals surface area contributed by atoms with E-state index in [0.717, 1.165) is 0 Å². The molecule has 0 aliphatic heterocycles. The molecule has 88 valence electrons. The molecule has 0 saturated heterocycles. The molecule has 0 amide bonds. The zero-order chi connectivity index (χ0) is 12.0. The number of ketones is 1. The van der Waals surface area contributed by atoms with E-state index in [2.05, 4.69) is 9.47 Å². The quantitative estimate of drug-likeness (QED) is 0.505. The number of hydrogen-bond donors (Lipinski definition) is 0. The third-order valence-electron chi connectivity index (χ3n) is 3.98. The lowest BCUT2D eigenvalue weighted by molar-refractivity contribution is -0.158. The van der Waals surface area contributed by atoms with E-state index in [1.165, 1.54) is 14.2 Å². The summed E-state index contributed by atoms with van der Waals surface area (Å²) in [5.41, 5.74) is -2.16. The number of carbonyl (C=O) groups is 3. The van der Waals surface area contributed by atoms with Crippen LogP contribution < -0.4 is 0 Å². The van der Waals surface area contributed by atoms with Crippen LogP contribution in [-0.4, -0.2) is 31.9 Å². The van der Waals surface area contributed by atoms with Crippen LogP contribution in [-0.2, 0) is 23.9 Å². The van der Waals surface area contributed by atoms with Crippen molar-refractivity contribution in [2.45, 2.75) is 25.7 Å². The molecule has 0 unspecified atom stereocenters. The highest BCUT2D eigenvalue weighted by atomic mass is 16.5. The molecule has 0 spiro atoms. The molecule has 2 aliphatic carbocycles. The maximum absolute atomic E-state index is 12.2. The van der Waals surface area contributed by atoms with Gasteiger partial charge in [-0.05, 0) is 25.7 Å². The van der Waals surface area contributed by atoms with E-state index in [0.29, 0.717) is 25.7 Å². The van der Waals surface area contributed by atoms with Gasteiger partial charge in [-0.2, -0.15) is 0 Å². The Kier molecular flexibility index (Phi) is 2.29. The first-order valence-corrected chi connectivity index (χ1v) is 5.25. The molecular formula is C11H14O5. The Labute approximate surface area is 93.1 Å². The number of rotatable bonds is 2. The van der Waals surface area contributed by atoms with E-state index in [4.69, 9.17) is 0 Å². The molecule has 5 nitrogen and oxygen atoms in total. The van der Waals surface area contributed by atoms with Gasteiger partial charge in [-0.1, -0.05) is 0 Å². The van der Waals surface area contributed by atoms with E-state index >= 15 is 0 Å². The molecule has 0 aromatic heterocycles. The summed E-state index contributed by atoms with van der Waals surface area (Å²) in [6, 6.07) is 0. The van der Waals surface area contributed by atoms with Gasteiger partial charge in [-0.15, -0.1) is 0 Å². The number of fused-ring (bicyclic) bond motifs is 2. The van der Waals surface area contributed by atoms with Crippen LogP contribution in [0.5, 0.6) is 0 Å². The van der Waals surface area contributed by atoms with Crippen molar-refractivity contribution in [1.82, 2.24) is 0 Å². The van der Waals surface area contributed by atoms with Gasteiger partial charge in [0.2, 0.25) is 0 Å². The fraction of sp³-hybridized carbons (Fsp3) is 0.727. The Bertz CT molecular complexity index is 329. The van der Waals surface area contributed by atoms with Crippen LogP contribution in [0.1, 0.15) is 25.7 Å². The topological polar surface area (TPSA) is 69.7 Å². The van der Waals surface area contributed by atoms with Crippen LogP contribution in [0.15, 0.2) is 0 Å². The van der Waals surface area contributed by atoms with E-state index in [1.54, 1.807) is 0 Å². The van der Waals surface area contributed by atoms with Crippen molar-refractivity contribution in [2.24, 2.45) is 10.8 Å². The molecule has 5 heteroatoms. The minimum atomic E-state index is -1.08. The van der Waals surface area contributed by atoms with Crippen LogP contribution in [0, 0.1) is 10.8 Å². The van der Waals surface area contributed by atoms with Crippen molar-refractivity contribution in [3.63, 3.8) is 0 Å². The maximum atomic E-state index is 12.2. The monoisotopic (exact) mass is 226 g/mol. The summed E-state index contributed by atoms with van der Waals surface area (Å²) in [4.78, 5) is 35.5. The van der Waals surface area contributed by atoms with E-state index in [9.17, 15) is 14.4 Å². The van der Waals surface area contributed by atoms with Gasteiger partial charge in [-0.3, -0.25) is 14.4 Å². The van der Waals surface area contributed by atoms with Crippen molar-refractivity contribution in [3.05, 3.63) is 0 Å². The summed E-state index contributed by atoms with van der Waals surface area (Å²) in [6.45, 7) is 0. The summed E-state index contributed by atoms with van der Waals surface area (Å²) < 4.78 is 9.34. The van der Waals surface area contributed by atoms with Crippen molar-refractivity contribution >= 4 is 17.7 Å². The third-order valence-corrected chi connectivity index (χ3v) is 3.98. The Morgan fingerprint density at radius 1 is 0.938 bits per heavy atom. The Hall–Kier alpha value is -1.39. The van der Waals surface area contributed by atoms with Gasteiger partial charge >= 0.3 is 11.9 Å². The van der Waals surface area contributed by atoms with Gasteiger partial charge in [0.1, 0.15) is 10.8 Å². The highest BCUT2D eigenvalue weighted by Gasteiger charge is 2.69. The molecule has 0 N–H and O–H groups in total. The van der Waals surface area contributed by atoms with Crippen LogP contribution in [0.4, 0.5) is 0 Å². The van der Waals surface area contributed by atoms with Gasteiger partial charge in [-0.25, -0.2) is 0 Å². The normalized spacial score (nSPS) is 36.2. The highest BCUT2D eigenvalue weighted by Crippen LogP contribution is 2.59. The molecule has 0 aromatic carbocycles. The molecule has 2 rings (SSSR count). The SMILES string of the molecule is COC(=O)C12CCC(C(=O)OC)(CC1)C2=O. The summed E-state index contributed by atoms with van der Waals surface area (Å²) >= 11 is 0. The fourth-order valence-electron chi connectivity index (χ4n) is 3.00. The van der Waals surface area contributed by atoms with Crippen molar-refractivity contribution in [1.29, 1.82) is 0 Å². The first kappa shape index (κ1) is 11.1. The van der Waals surface area contributed by atoms with Crippen LogP contribution >= 0.6 is 0 Å². The highest BCUT2D eigenvalue weighted by molar-refractivity contribution is 6.18. The van der Waals surface area contributed by atoms with Crippen molar-refractivity contribution in [3.8, 4) is 0 Å². The van der Waals surface area contributed by atoms with Gasteiger partial charge in [0.05, 0.1) is 14.2 Å². The lowest BCUT2D eigenvalue weighted by atomic mass is 9.82. The molecule has 2 saturated carbocycles. The second-order valence-electron chi connectivity index (χ2n) is 4.48. The number of Topliss-reactive ketones (excluding diaryl/α,β-unsaturated/α-hetero) is 1. The van der Waals surface area contributed by atoms with Gasteiger partial charge in [0.25, 0.3) is 0 Å². The second-order valence-corrected chi connectivity index (χ2v) is 4.48. The zero-order valence-electron chi connectivity index (χ0n) is 9.37. The molecule has 0 heterocycles. The molecule has 0 aromatic rings. The summed E-state index contributed by atoms with van der Waals surface area (Å²) in [6.07, 6.45) is 1.59. The molecule has 2 bridgehead atoms. The Morgan fingerprint density at radius 3 is 1.50 bits per heavy atom. The number of esters is 2. The Morgan fingerprint density at radius 2 is 1.25 bits per heavy atom. The first-order valence-electron chi connectivity index (χ1n) is 5.25. The second kappa shape index (κ2) is 3.30. The standard InChI is InChI=1S/C11H14O5/c1-15-8(13)10-3-5-11(6-4-10,7(10)12)9(14)16-2/h3-6H2,1-2H3. The van der Waals surface area contributed by atoms with Crippen LogP contribution in [0.2, 0.25) is 0 Å². The molecule has 2 aliphatic rings. The average Bonchev–Trinajstić information content (AvgIpc) is 2.78. The number of carbonyl (C=O) groups excluding carboxylic acids is 3. The average molecular weight is 226 g/mol. The van der Waals surface area contributed by atoms with Crippen LogP contribution in [0.25, 0.3) is 0 Å². The Balaban J connectivity index is 2.37. The number of ether oxygens (including phenoxy) is 2. The van der Waals surface area contributed by atoms with E-state index < -0.39 is 22.8 Å². The molecule has 0 atom stereocenters. The largest absolute Gasteiger partial charge is 0.468 e.